The molecule has 1 rings (SSSR count). The Morgan fingerprint density at radius 2 is 2.05 bits per heavy atom. The normalized spacial score (nSPS) is 11.2. The zero-order valence-corrected chi connectivity index (χ0v) is 12.1. The molecule has 1 amide bonds. The van der Waals surface area contributed by atoms with Crippen molar-refractivity contribution in [3.8, 4) is 5.75 Å². The van der Waals surface area contributed by atoms with Crippen LogP contribution in [0.15, 0.2) is 18.2 Å². The Bertz CT molecular complexity index is 436. The monoisotopic (exact) mass is 265 g/mol. The summed E-state index contributed by atoms with van der Waals surface area (Å²) in [5.41, 5.74) is 1.30. The van der Waals surface area contributed by atoms with Crippen molar-refractivity contribution in [3.63, 3.8) is 0 Å². The summed E-state index contributed by atoms with van der Waals surface area (Å²) in [7, 11) is 0. The summed E-state index contributed by atoms with van der Waals surface area (Å²) in [6.45, 7) is 7.86. The van der Waals surface area contributed by atoms with E-state index in [9.17, 15) is 9.90 Å². The minimum atomic E-state index is -0.885. The molecule has 0 heterocycles. The van der Waals surface area contributed by atoms with Gasteiger partial charge >= 0.3 is 0 Å². The first kappa shape index (κ1) is 15.5. The van der Waals surface area contributed by atoms with Crippen LogP contribution in [0.3, 0.4) is 0 Å². The molecule has 19 heavy (non-hydrogen) atoms. The number of carbonyl (C=O) groups is 1. The Balaban J connectivity index is 2.34. The predicted molar refractivity (Wildman–Crippen MR) is 75.3 cm³/mol. The summed E-state index contributed by atoms with van der Waals surface area (Å²) in [6.07, 6.45) is 0.281. The summed E-state index contributed by atoms with van der Waals surface area (Å²) >= 11 is 0. The lowest BCUT2D eigenvalue weighted by molar-refractivity contribution is -0.122. The summed E-state index contributed by atoms with van der Waals surface area (Å²) in [6, 6.07) is 5.99. The van der Waals surface area contributed by atoms with Gasteiger partial charge in [-0.2, -0.15) is 0 Å². The molecule has 0 radical (unpaired) electrons. The molecule has 1 aromatic rings. The van der Waals surface area contributed by atoms with Crippen molar-refractivity contribution in [1.82, 2.24) is 5.32 Å². The van der Waals surface area contributed by atoms with Crippen molar-refractivity contribution < 1.29 is 14.6 Å². The van der Waals surface area contributed by atoms with Gasteiger partial charge in [0.15, 0.2) is 0 Å². The first-order chi connectivity index (χ1) is 8.78. The van der Waals surface area contributed by atoms with Gasteiger partial charge in [0.25, 0.3) is 0 Å². The lowest BCUT2D eigenvalue weighted by Crippen LogP contribution is -2.38. The summed E-state index contributed by atoms with van der Waals surface area (Å²) < 4.78 is 5.60. The van der Waals surface area contributed by atoms with Gasteiger partial charge in [-0.3, -0.25) is 4.79 Å². The minimum absolute atomic E-state index is 0.118. The molecule has 0 aliphatic rings. The van der Waals surface area contributed by atoms with Crippen LogP contribution < -0.4 is 10.1 Å². The number of aliphatic hydroxyl groups is 1. The Morgan fingerprint density at radius 3 is 2.68 bits per heavy atom. The molecule has 0 atom stereocenters. The van der Waals surface area contributed by atoms with Gasteiger partial charge < -0.3 is 15.2 Å². The maximum Gasteiger partial charge on any atom is 0.223 e. The van der Waals surface area contributed by atoms with Crippen LogP contribution in [-0.2, 0) is 4.79 Å². The SMILES string of the molecule is Cc1ccc(C)c(OCCC(=O)NCC(C)(C)O)c1. The van der Waals surface area contributed by atoms with E-state index in [4.69, 9.17) is 4.74 Å². The van der Waals surface area contributed by atoms with E-state index in [1.54, 1.807) is 13.8 Å². The van der Waals surface area contributed by atoms with E-state index < -0.39 is 5.60 Å². The fourth-order valence-corrected chi connectivity index (χ4v) is 1.52. The van der Waals surface area contributed by atoms with Gasteiger partial charge in [-0.25, -0.2) is 0 Å². The number of aryl methyl sites for hydroxylation is 2. The maximum atomic E-state index is 11.5. The molecule has 0 saturated carbocycles. The number of rotatable bonds is 6. The van der Waals surface area contributed by atoms with E-state index in [1.165, 1.54) is 0 Å². The Hall–Kier alpha value is -1.55. The average Bonchev–Trinajstić information content (AvgIpc) is 2.30. The number of amides is 1. The maximum absolute atomic E-state index is 11.5. The summed E-state index contributed by atoms with van der Waals surface area (Å²) in [4.78, 5) is 11.5. The topological polar surface area (TPSA) is 58.6 Å². The third-order valence-electron chi connectivity index (χ3n) is 2.65. The zero-order chi connectivity index (χ0) is 14.5. The minimum Gasteiger partial charge on any atom is -0.493 e. The van der Waals surface area contributed by atoms with E-state index in [1.807, 2.05) is 32.0 Å². The largest absolute Gasteiger partial charge is 0.493 e. The van der Waals surface area contributed by atoms with Crippen molar-refractivity contribution in [3.05, 3.63) is 29.3 Å². The smallest absolute Gasteiger partial charge is 0.223 e. The van der Waals surface area contributed by atoms with Crippen LogP contribution in [0.2, 0.25) is 0 Å². The molecule has 0 aliphatic heterocycles. The number of hydrogen-bond acceptors (Lipinski definition) is 3. The number of nitrogens with one attached hydrogen (secondary N) is 1. The van der Waals surface area contributed by atoms with E-state index in [0.717, 1.165) is 16.9 Å². The standard InChI is InChI=1S/C15H23NO3/c1-11-5-6-12(2)13(9-11)19-8-7-14(17)16-10-15(3,4)18/h5-6,9,18H,7-8,10H2,1-4H3,(H,16,17). The fourth-order valence-electron chi connectivity index (χ4n) is 1.52. The van der Waals surface area contributed by atoms with Gasteiger partial charge in [0, 0.05) is 6.54 Å². The molecule has 0 saturated heterocycles. The van der Waals surface area contributed by atoms with Crippen molar-refractivity contribution in [2.75, 3.05) is 13.2 Å². The third kappa shape index (κ3) is 6.25. The van der Waals surface area contributed by atoms with Gasteiger partial charge in [-0.05, 0) is 44.9 Å². The molecule has 0 spiro atoms. The van der Waals surface area contributed by atoms with Crippen LogP contribution in [0.5, 0.6) is 5.75 Å². The molecule has 2 N–H and O–H groups in total. The highest BCUT2D eigenvalue weighted by atomic mass is 16.5. The lowest BCUT2D eigenvalue weighted by atomic mass is 10.1. The second-order valence-electron chi connectivity index (χ2n) is 5.46. The van der Waals surface area contributed by atoms with Crippen LogP contribution in [0.25, 0.3) is 0 Å². The van der Waals surface area contributed by atoms with Crippen LogP contribution in [-0.4, -0.2) is 29.8 Å². The summed E-state index contributed by atoms with van der Waals surface area (Å²) in [5, 5.41) is 12.2. The predicted octanol–water partition coefficient (Wildman–Crippen LogP) is 1.96. The molecular weight excluding hydrogens is 242 g/mol. The molecular formula is C15H23NO3. The number of carbonyl (C=O) groups excluding carboxylic acids is 1. The van der Waals surface area contributed by atoms with Crippen LogP contribution in [0.4, 0.5) is 0 Å². The van der Waals surface area contributed by atoms with Gasteiger partial charge in [0.05, 0.1) is 18.6 Å². The highest BCUT2D eigenvalue weighted by Crippen LogP contribution is 2.19. The molecule has 0 aliphatic carbocycles. The van der Waals surface area contributed by atoms with Crippen LogP contribution in [0.1, 0.15) is 31.4 Å². The zero-order valence-electron chi connectivity index (χ0n) is 12.1. The highest BCUT2D eigenvalue weighted by Gasteiger charge is 2.13. The third-order valence-corrected chi connectivity index (χ3v) is 2.65. The molecule has 0 bridgehead atoms. The van der Waals surface area contributed by atoms with Crippen molar-refractivity contribution >= 4 is 5.91 Å². The van der Waals surface area contributed by atoms with E-state index in [-0.39, 0.29) is 18.9 Å². The van der Waals surface area contributed by atoms with E-state index in [0.29, 0.717) is 6.61 Å². The lowest BCUT2D eigenvalue weighted by Gasteiger charge is -2.17. The van der Waals surface area contributed by atoms with Crippen LogP contribution >= 0.6 is 0 Å². The number of hydrogen-bond donors (Lipinski definition) is 2. The van der Waals surface area contributed by atoms with Crippen molar-refractivity contribution in [1.29, 1.82) is 0 Å². The quantitative estimate of drug-likeness (QED) is 0.826. The molecule has 0 fully saturated rings. The summed E-state index contributed by atoms with van der Waals surface area (Å²) in [5.74, 6) is 0.697. The number of benzene rings is 1. The molecule has 0 unspecified atom stereocenters. The van der Waals surface area contributed by atoms with Gasteiger partial charge in [0.2, 0.25) is 5.91 Å². The second kappa shape index (κ2) is 6.57. The fraction of sp³-hybridized carbons (Fsp3) is 0.533. The van der Waals surface area contributed by atoms with Crippen molar-refractivity contribution in [2.45, 2.75) is 39.7 Å². The Morgan fingerprint density at radius 1 is 1.37 bits per heavy atom. The van der Waals surface area contributed by atoms with Gasteiger partial charge in [0.1, 0.15) is 5.75 Å². The van der Waals surface area contributed by atoms with Gasteiger partial charge in [-0.15, -0.1) is 0 Å². The molecule has 4 nitrogen and oxygen atoms in total. The van der Waals surface area contributed by atoms with E-state index in [2.05, 4.69) is 5.32 Å². The van der Waals surface area contributed by atoms with Gasteiger partial charge in [-0.1, -0.05) is 12.1 Å². The highest BCUT2D eigenvalue weighted by molar-refractivity contribution is 5.76. The number of ether oxygens (including phenoxy) is 1. The Labute approximate surface area is 114 Å². The molecule has 1 aromatic carbocycles. The van der Waals surface area contributed by atoms with Crippen molar-refractivity contribution in [2.24, 2.45) is 0 Å². The van der Waals surface area contributed by atoms with E-state index >= 15 is 0 Å². The molecule has 0 aromatic heterocycles. The average molecular weight is 265 g/mol. The first-order valence-corrected chi connectivity index (χ1v) is 6.47. The molecule has 4 heteroatoms. The second-order valence-corrected chi connectivity index (χ2v) is 5.46. The first-order valence-electron chi connectivity index (χ1n) is 6.47. The Kier molecular flexibility index (Phi) is 5.36. The van der Waals surface area contributed by atoms with Crippen LogP contribution in [0, 0.1) is 13.8 Å². The molecule has 106 valence electrons.